The molecule has 0 saturated carbocycles. The molecule has 0 aliphatic heterocycles. The normalized spacial score (nSPS) is 12.5. The van der Waals surface area contributed by atoms with Crippen molar-refractivity contribution in [2.24, 2.45) is 5.14 Å². The van der Waals surface area contributed by atoms with Gasteiger partial charge in [-0.05, 0) is 24.6 Å². The van der Waals surface area contributed by atoms with E-state index in [2.05, 4.69) is 5.32 Å². The van der Waals surface area contributed by atoms with Crippen LogP contribution < -0.4 is 10.5 Å². The molecule has 0 amide bonds. The van der Waals surface area contributed by atoms with Crippen LogP contribution in [0.15, 0.2) is 23.1 Å². The summed E-state index contributed by atoms with van der Waals surface area (Å²) in [6.45, 7) is -0.0782. The fraction of sp³-hybridized carbons (Fsp3) is 0.400. The summed E-state index contributed by atoms with van der Waals surface area (Å²) >= 11 is 0. The van der Waals surface area contributed by atoms with Crippen LogP contribution in [-0.2, 0) is 10.0 Å². The van der Waals surface area contributed by atoms with Crippen LogP contribution >= 0.6 is 0 Å². The maximum atomic E-state index is 13.4. The van der Waals surface area contributed by atoms with Gasteiger partial charge in [-0.15, -0.1) is 0 Å². The third kappa shape index (κ3) is 5.43. The van der Waals surface area contributed by atoms with Crippen molar-refractivity contribution in [2.75, 3.05) is 11.9 Å². The van der Waals surface area contributed by atoms with Crippen molar-refractivity contribution >= 4 is 15.7 Å². The van der Waals surface area contributed by atoms with Gasteiger partial charge in [-0.25, -0.2) is 17.9 Å². The van der Waals surface area contributed by atoms with Gasteiger partial charge in [0.15, 0.2) is 0 Å². The lowest BCUT2D eigenvalue weighted by molar-refractivity contribution is -0.134. The second-order valence-electron chi connectivity index (χ2n) is 3.83. The molecule has 0 saturated heterocycles. The Bertz CT molecular complexity index is 543. The molecule has 0 radical (unpaired) electrons. The van der Waals surface area contributed by atoms with Gasteiger partial charge in [0.05, 0.1) is 10.6 Å². The smallest absolute Gasteiger partial charge is 0.383 e. The number of rotatable bonds is 5. The van der Waals surface area contributed by atoms with Crippen LogP contribution in [-0.4, -0.2) is 21.1 Å². The maximum absolute atomic E-state index is 13.4. The van der Waals surface area contributed by atoms with E-state index in [1.807, 2.05) is 0 Å². The number of sulfonamides is 1. The average molecular weight is 300 g/mol. The molecule has 0 spiro atoms. The van der Waals surface area contributed by atoms with Crippen molar-refractivity contribution in [1.29, 1.82) is 0 Å². The summed E-state index contributed by atoms with van der Waals surface area (Å²) in [7, 11) is -4.00. The monoisotopic (exact) mass is 300 g/mol. The molecule has 0 fully saturated rings. The Kier molecular flexibility index (Phi) is 4.75. The molecular weight excluding hydrogens is 288 g/mol. The van der Waals surface area contributed by atoms with Crippen molar-refractivity contribution in [1.82, 2.24) is 0 Å². The molecule has 0 aliphatic carbocycles. The molecule has 4 nitrogen and oxygen atoms in total. The zero-order chi connectivity index (χ0) is 14.7. The van der Waals surface area contributed by atoms with Gasteiger partial charge in [0.25, 0.3) is 0 Å². The molecule has 108 valence electrons. The van der Waals surface area contributed by atoms with Crippen molar-refractivity contribution in [3.63, 3.8) is 0 Å². The average Bonchev–Trinajstić information content (AvgIpc) is 2.23. The van der Waals surface area contributed by atoms with Gasteiger partial charge < -0.3 is 5.32 Å². The first-order valence-corrected chi connectivity index (χ1v) is 6.77. The third-order valence-electron chi connectivity index (χ3n) is 2.22. The van der Waals surface area contributed by atoms with Gasteiger partial charge in [-0.3, -0.25) is 0 Å². The van der Waals surface area contributed by atoms with Crippen LogP contribution in [0.3, 0.4) is 0 Å². The lowest BCUT2D eigenvalue weighted by atomic mass is 10.2. The number of nitrogens with two attached hydrogens (primary N) is 1. The fourth-order valence-electron chi connectivity index (χ4n) is 1.33. The van der Waals surface area contributed by atoms with E-state index in [0.717, 1.165) is 12.1 Å². The summed E-state index contributed by atoms with van der Waals surface area (Å²) in [5.41, 5.74) is -0.0745. The molecule has 1 rings (SSSR count). The summed E-state index contributed by atoms with van der Waals surface area (Å²) in [5, 5.41) is 7.26. The first kappa shape index (κ1) is 15.7. The van der Waals surface area contributed by atoms with Gasteiger partial charge in [0.2, 0.25) is 10.0 Å². The maximum Gasteiger partial charge on any atom is 0.389 e. The first-order valence-electron chi connectivity index (χ1n) is 5.22. The van der Waals surface area contributed by atoms with Gasteiger partial charge in [0.1, 0.15) is 5.82 Å². The number of nitrogens with one attached hydrogen (secondary N) is 1. The van der Waals surface area contributed by atoms with Crippen molar-refractivity contribution in [3.8, 4) is 0 Å². The zero-order valence-corrected chi connectivity index (χ0v) is 10.5. The van der Waals surface area contributed by atoms with E-state index in [1.165, 1.54) is 0 Å². The summed E-state index contributed by atoms with van der Waals surface area (Å²) in [6, 6.07) is 2.90. The van der Waals surface area contributed by atoms with E-state index in [9.17, 15) is 26.0 Å². The third-order valence-corrected chi connectivity index (χ3v) is 3.13. The minimum absolute atomic E-state index is 0.0745. The highest BCUT2D eigenvalue weighted by atomic mass is 32.2. The second-order valence-corrected chi connectivity index (χ2v) is 5.39. The van der Waals surface area contributed by atoms with Gasteiger partial charge in [-0.2, -0.15) is 13.2 Å². The van der Waals surface area contributed by atoms with E-state index in [1.54, 1.807) is 0 Å². The van der Waals surface area contributed by atoms with E-state index in [-0.39, 0.29) is 18.7 Å². The molecule has 0 aliphatic rings. The summed E-state index contributed by atoms with van der Waals surface area (Å²) in [6.07, 6.45) is -5.44. The number of anilines is 1. The number of benzene rings is 1. The summed E-state index contributed by atoms with van der Waals surface area (Å²) < 4.78 is 70.9. The van der Waals surface area contributed by atoms with Gasteiger partial charge >= 0.3 is 6.18 Å². The number of halogens is 4. The summed E-state index contributed by atoms with van der Waals surface area (Å²) in [4.78, 5) is -0.397. The molecule has 1 aromatic rings. The highest BCUT2D eigenvalue weighted by Crippen LogP contribution is 2.22. The Morgan fingerprint density at radius 3 is 2.37 bits per heavy atom. The Labute approximate surface area is 107 Å². The standard InChI is InChI=1S/C10H12F4N2O2S/c11-8-6-7(19(15,17)18)2-3-9(8)16-5-1-4-10(12,13)14/h2-3,6,16H,1,4-5H2,(H2,15,17,18). The van der Waals surface area contributed by atoms with Crippen LogP contribution in [0.4, 0.5) is 23.2 Å². The largest absolute Gasteiger partial charge is 0.389 e. The molecule has 19 heavy (non-hydrogen) atoms. The molecule has 9 heteroatoms. The SMILES string of the molecule is NS(=O)(=O)c1ccc(NCCCC(F)(F)F)c(F)c1. The molecule has 0 atom stereocenters. The number of alkyl halides is 3. The van der Waals surface area contributed by atoms with Crippen LogP contribution in [0.1, 0.15) is 12.8 Å². The predicted octanol–water partition coefficient (Wildman–Crippen LogP) is 2.23. The van der Waals surface area contributed by atoms with E-state index < -0.39 is 33.3 Å². The molecule has 0 unspecified atom stereocenters. The van der Waals surface area contributed by atoms with Crippen LogP contribution in [0.25, 0.3) is 0 Å². The van der Waals surface area contributed by atoms with Gasteiger partial charge in [0, 0.05) is 13.0 Å². The Morgan fingerprint density at radius 1 is 1.26 bits per heavy atom. The molecule has 0 aromatic heterocycles. The number of hydrogen-bond acceptors (Lipinski definition) is 3. The fourth-order valence-corrected chi connectivity index (χ4v) is 1.85. The zero-order valence-electron chi connectivity index (χ0n) is 9.67. The minimum atomic E-state index is -4.25. The topological polar surface area (TPSA) is 72.2 Å². The molecule has 1 aromatic carbocycles. The van der Waals surface area contributed by atoms with Crippen molar-refractivity contribution in [3.05, 3.63) is 24.0 Å². The second kappa shape index (κ2) is 5.74. The Balaban J connectivity index is 2.61. The highest BCUT2D eigenvalue weighted by Gasteiger charge is 2.25. The van der Waals surface area contributed by atoms with Gasteiger partial charge in [-0.1, -0.05) is 0 Å². The Morgan fingerprint density at radius 2 is 1.89 bits per heavy atom. The van der Waals surface area contributed by atoms with Crippen molar-refractivity contribution < 1.29 is 26.0 Å². The number of primary sulfonamides is 1. The van der Waals surface area contributed by atoms with Crippen LogP contribution in [0.5, 0.6) is 0 Å². The van der Waals surface area contributed by atoms with Crippen LogP contribution in [0.2, 0.25) is 0 Å². The van der Waals surface area contributed by atoms with E-state index in [4.69, 9.17) is 5.14 Å². The quantitative estimate of drug-likeness (QED) is 0.647. The van der Waals surface area contributed by atoms with Crippen LogP contribution in [0, 0.1) is 5.82 Å². The summed E-state index contributed by atoms with van der Waals surface area (Å²) in [5.74, 6) is -0.890. The lowest BCUT2D eigenvalue weighted by Gasteiger charge is -2.09. The van der Waals surface area contributed by atoms with E-state index in [0.29, 0.717) is 6.07 Å². The highest BCUT2D eigenvalue weighted by molar-refractivity contribution is 7.89. The molecule has 0 heterocycles. The van der Waals surface area contributed by atoms with E-state index >= 15 is 0 Å². The predicted molar refractivity (Wildman–Crippen MR) is 61.6 cm³/mol. The minimum Gasteiger partial charge on any atom is -0.383 e. The molecule has 0 bridgehead atoms. The molecular formula is C10H12F4N2O2S. The molecule has 3 N–H and O–H groups in total. The first-order chi connectivity index (χ1) is 8.59. The Hall–Kier alpha value is -1.35. The lowest BCUT2D eigenvalue weighted by Crippen LogP contribution is -2.14. The van der Waals surface area contributed by atoms with Crippen molar-refractivity contribution in [2.45, 2.75) is 23.9 Å². The number of hydrogen-bond donors (Lipinski definition) is 2.